The molecule has 106 valence electrons. The molecule has 5 heteroatoms. The summed E-state index contributed by atoms with van der Waals surface area (Å²) in [6.07, 6.45) is 2.46. The average Bonchev–Trinajstić information content (AvgIpc) is 2.91. The van der Waals surface area contributed by atoms with E-state index in [9.17, 15) is 13.6 Å². The maximum Gasteiger partial charge on any atom is 0.152 e. The van der Waals surface area contributed by atoms with Gasteiger partial charge >= 0.3 is 0 Å². The van der Waals surface area contributed by atoms with Crippen LogP contribution in [0.1, 0.15) is 15.9 Å². The summed E-state index contributed by atoms with van der Waals surface area (Å²) in [6, 6.07) is 9.67. The Hall–Kier alpha value is -2.01. The van der Waals surface area contributed by atoms with Gasteiger partial charge in [-0.25, -0.2) is 8.78 Å². The van der Waals surface area contributed by atoms with Crippen LogP contribution in [-0.4, -0.2) is 10.9 Å². The zero-order valence-corrected chi connectivity index (χ0v) is 12.4. The van der Waals surface area contributed by atoms with Gasteiger partial charge in [-0.3, -0.25) is 4.79 Å². The number of rotatable bonds is 3. The van der Waals surface area contributed by atoms with E-state index in [1.807, 2.05) is 12.1 Å². The van der Waals surface area contributed by atoms with Gasteiger partial charge in [0.15, 0.2) is 6.29 Å². The first-order chi connectivity index (χ1) is 10.1. The first-order valence-electron chi connectivity index (χ1n) is 6.27. The molecular weight excluding hydrogens is 340 g/mol. The summed E-state index contributed by atoms with van der Waals surface area (Å²) < 4.78 is 29.8. The average molecular weight is 350 g/mol. The Bertz CT molecular complexity index is 842. The molecule has 3 rings (SSSR count). The summed E-state index contributed by atoms with van der Waals surface area (Å²) in [4.78, 5) is 11.1. The first kappa shape index (κ1) is 13.9. The lowest BCUT2D eigenvalue weighted by Crippen LogP contribution is -2.05. The summed E-state index contributed by atoms with van der Waals surface area (Å²) in [5, 5.41) is 0.857. The van der Waals surface area contributed by atoms with Crippen molar-refractivity contribution in [3.05, 3.63) is 69.8 Å². The monoisotopic (exact) mass is 349 g/mol. The Morgan fingerprint density at radius 3 is 2.71 bits per heavy atom. The number of hydrogen-bond acceptors (Lipinski definition) is 1. The van der Waals surface area contributed by atoms with Crippen molar-refractivity contribution in [3.8, 4) is 0 Å². The third-order valence-electron chi connectivity index (χ3n) is 3.41. The molecule has 1 aromatic heterocycles. The molecule has 3 aromatic rings. The number of aldehydes is 1. The van der Waals surface area contributed by atoms with Crippen molar-refractivity contribution in [1.29, 1.82) is 0 Å². The van der Waals surface area contributed by atoms with E-state index >= 15 is 0 Å². The van der Waals surface area contributed by atoms with E-state index in [-0.39, 0.29) is 16.6 Å². The number of benzene rings is 2. The molecule has 0 radical (unpaired) electrons. The highest BCUT2D eigenvalue weighted by atomic mass is 79.9. The topological polar surface area (TPSA) is 22.0 Å². The van der Waals surface area contributed by atoms with Gasteiger partial charge in [0, 0.05) is 22.7 Å². The smallest absolute Gasteiger partial charge is 0.152 e. The molecule has 0 amide bonds. The van der Waals surface area contributed by atoms with E-state index in [0.717, 1.165) is 11.7 Å². The van der Waals surface area contributed by atoms with Gasteiger partial charge in [0.1, 0.15) is 11.6 Å². The Balaban J connectivity index is 2.15. The fourth-order valence-electron chi connectivity index (χ4n) is 2.40. The van der Waals surface area contributed by atoms with Crippen molar-refractivity contribution in [3.63, 3.8) is 0 Å². The van der Waals surface area contributed by atoms with Gasteiger partial charge in [-0.15, -0.1) is 0 Å². The molecule has 0 fully saturated rings. The number of aromatic nitrogens is 1. The van der Waals surface area contributed by atoms with Crippen molar-refractivity contribution in [2.24, 2.45) is 0 Å². The molecule has 0 saturated heterocycles. The molecule has 0 aliphatic rings. The zero-order chi connectivity index (χ0) is 15.0. The predicted octanol–water partition coefficient (Wildman–Crippen LogP) is 4.54. The second-order valence-corrected chi connectivity index (χ2v) is 5.52. The van der Waals surface area contributed by atoms with E-state index in [0.29, 0.717) is 11.1 Å². The number of carbonyl (C=O) groups is 1. The molecule has 0 aliphatic heterocycles. The highest BCUT2D eigenvalue weighted by molar-refractivity contribution is 9.10. The Morgan fingerprint density at radius 2 is 1.95 bits per heavy atom. The van der Waals surface area contributed by atoms with Crippen LogP contribution in [0.4, 0.5) is 8.78 Å². The first-order valence-corrected chi connectivity index (χ1v) is 7.06. The van der Waals surface area contributed by atoms with Crippen molar-refractivity contribution >= 4 is 33.1 Å². The van der Waals surface area contributed by atoms with Crippen LogP contribution >= 0.6 is 15.9 Å². The summed E-state index contributed by atoms with van der Waals surface area (Å²) in [5.41, 5.74) is 1.13. The van der Waals surface area contributed by atoms with Gasteiger partial charge < -0.3 is 4.57 Å². The molecule has 0 saturated carbocycles. The predicted molar refractivity (Wildman–Crippen MR) is 80.5 cm³/mol. The molecule has 0 atom stereocenters. The van der Waals surface area contributed by atoms with Crippen LogP contribution in [-0.2, 0) is 6.54 Å². The fraction of sp³-hybridized carbons (Fsp3) is 0.0625. The Labute approximate surface area is 128 Å². The molecule has 21 heavy (non-hydrogen) atoms. The van der Waals surface area contributed by atoms with Gasteiger partial charge in [-0.2, -0.15) is 0 Å². The van der Waals surface area contributed by atoms with Gasteiger partial charge in [-0.05, 0) is 40.2 Å². The van der Waals surface area contributed by atoms with Crippen molar-refractivity contribution in [1.82, 2.24) is 4.57 Å². The summed E-state index contributed by atoms with van der Waals surface area (Å²) in [5.74, 6) is -1.23. The van der Waals surface area contributed by atoms with Gasteiger partial charge in [-0.1, -0.05) is 12.1 Å². The second kappa shape index (κ2) is 5.41. The number of nitrogens with zero attached hydrogens (tertiary/aromatic N) is 1. The minimum Gasteiger partial charge on any atom is -0.342 e. The van der Waals surface area contributed by atoms with Crippen LogP contribution in [0.2, 0.25) is 0 Å². The fourth-order valence-corrected chi connectivity index (χ4v) is 2.77. The van der Waals surface area contributed by atoms with Crippen LogP contribution in [0.5, 0.6) is 0 Å². The third-order valence-corrected chi connectivity index (χ3v) is 4.03. The summed E-state index contributed by atoms with van der Waals surface area (Å²) in [6.45, 7) is 0.0193. The summed E-state index contributed by atoms with van der Waals surface area (Å²) in [7, 11) is 0. The molecule has 0 bridgehead atoms. The minimum atomic E-state index is -0.625. The standard InChI is InChI=1S/C16H10BrF2NO/c17-13-4-5-14(18)12(15(13)19)8-20-7-6-10-2-1-3-11(9-21)16(10)20/h1-7,9H,8H2. The molecular formula is C16H10BrF2NO. The minimum absolute atomic E-state index is 0.0193. The van der Waals surface area contributed by atoms with Crippen LogP contribution in [0.15, 0.2) is 47.1 Å². The maximum absolute atomic E-state index is 14.1. The molecule has 0 aliphatic carbocycles. The number of fused-ring (bicyclic) bond motifs is 1. The second-order valence-electron chi connectivity index (χ2n) is 4.67. The maximum atomic E-state index is 14.1. The lowest BCUT2D eigenvalue weighted by Gasteiger charge is -2.10. The van der Waals surface area contributed by atoms with E-state index in [2.05, 4.69) is 15.9 Å². The molecule has 0 unspecified atom stereocenters. The Morgan fingerprint density at radius 1 is 1.14 bits per heavy atom. The van der Waals surface area contributed by atoms with Crippen LogP contribution < -0.4 is 0 Å². The molecule has 0 N–H and O–H groups in total. The van der Waals surface area contributed by atoms with Gasteiger partial charge in [0.2, 0.25) is 0 Å². The van der Waals surface area contributed by atoms with E-state index in [1.165, 1.54) is 12.1 Å². The summed E-state index contributed by atoms with van der Waals surface area (Å²) >= 11 is 3.06. The lowest BCUT2D eigenvalue weighted by molar-refractivity contribution is 0.112. The van der Waals surface area contributed by atoms with E-state index in [4.69, 9.17) is 0 Å². The largest absolute Gasteiger partial charge is 0.342 e. The van der Waals surface area contributed by atoms with Gasteiger partial charge in [0.25, 0.3) is 0 Å². The molecule has 0 spiro atoms. The molecule has 1 heterocycles. The van der Waals surface area contributed by atoms with Crippen molar-refractivity contribution in [2.75, 3.05) is 0 Å². The van der Waals surface area contributed by atoms with Crippen LogP contribution in [0, 0.1) is 11.6 Å². The number of carbonyl (C=O) groups excluding carboxylic acids is 1. The zero-order valence-electron chi connectivity index (χ0n) is 10.8. The quantitative estimate of drug-likeness (QED) is 0.502. The van der Waals surface area contributed by atoms with Crippen molar-refractivity contribution < 1.29 is 13.6 Å². The van der Waals surface area contributed by atoms with Crippen LogP contribution in [0.25, 0.3) is 10.9 Å². The van der Waals surface area contributed by atoms with E-state index in [1.54, 1.807) is 22.9 Å². The number of halogens is 3. The van der Waals surface area contributed by atoms with E-state index < -0.39 is 11.6 Å². The SMILES string of the molecule is O=Cc1cccc2ccn(Cc3c(F)ccc(Br)c3F)c12. The highest BCUT2D eigenvalue weighted by Crippen LogP contribution is 2.25. The highest BCUT2D eigenvalue weighted by Gasteiger charge is 2.14. The normalized spacial score (nSPS) is 11.0. The number of para-hydroxylation sites is 1. The van der Waals surface area contributed by atoms with Crippen LogP contribution in [0.3, 0.4) is 0 Å². The van der Waals surface area contributed by atoms with Gasteiger partial charge in [0.05, 0.1) is 16.5 Å². The third kappa shape index (κ3) is 2.38. The number of hydrogen-bond donors (Lipinski definition) is 0. The molecule has 2 aromatic carbocycles. The molecule has 2 nitrogen and oxygen atoms in total. The Kier molecular flexibility index (Phi) is 3.59. The van der Waals surface area contributed by atoms with Crippen molar-refractivity contribution in [2.45, 2.75) is 6.54 Å². The lowest BCUT2D eigenvalue weighted by atomic mass is 10.1.